The number of aryl methyl sites for hydroxylation is 1. The van der Waals surface area contributed by atoms with Crippen molar-refractivity contribution in [2.24, 2.45) is 0 Å². The van der Waals surface area contributed by atoms with Crippen molar-refractivity contribution in [3.05, 3.63) is 36.5 Å². The molecule has 0 spiro atoms. The van der Waals surface area contributed by atoms with E-state index in [4.69, 9.17) is 9.79 Å². The molecule has 0 atom stereocenters. The summed E-state index contributed by atoms with van der Waals surface area (Å²) < 4.78 is 12.4. The van der Waals surface area contributed by atoms with Gasteiger partial charge in [-0.15, -0.1) is 0 Å². The predicted molar refractivity (Wildman–Crippen MR) is 63.5 cm³/mol. The fourth-order valence-electron chi connectivity index (χ4n) is 1.62. The molecule has 5 nitrogen and oxygen atoms in total. The van der Waals surface area contributed by atoms with Gasteiger partial charge in [0.25, 0.3) is 0 Å². The van der Waals surface area contributed by atoms with Crippen LogP contribution in [0, 0.1) is 0 Å². The average Bonchev–Trinajstić information content (AvgIpc) is 2.27. The Labute approximate surface area is 98.9 Å². The maximum atomic E-state index is 10.7. The fourth-order valence-corrected chi connectivity index (χ4v) is 2.17. The molecule has 0 aliphatic heterocycles. The molecule has 6 heteroatoms. The lowest BCUT2D eigenvalue weighted by atomic mass is 10.2. The summed E-state index contributed by atoms with van der Waals surface area (Å²) in [6, 6.07) is 9.69. The molecule has 0 fully saturated rings. The van der Waals surface area contributed by atoms with E-state index < -0.39 is 7.60 Å². The number of nitrogens with zero attached hydrogens (tertiary/aromatic N) is 2. The van der Waals surface area contributed by atoms with Crippen LogP contribution in [-0.2, 0) is 11.1 Å². The van der Waals surface area contributed by atoms with Gasteiger partial charge in [0, 0.05) is 23.0 Å². The first-order valence-electron chi connectivity index (χ1n) is 5.35. The molecule has 1 aromatic heterocycles. The van der Waals surface area contributed by atoms with Crippen LogP contribution in [0.2, 0.25) is 0 Å². The number of fused-ring (bicyclic) bond motifs is 1. The average molecular weight is 253 g/mol. The Morgan fingerprint density at radius 3 is 2.76 bits per heavy atom. The molecule has 2 aromatic rings. The van der Waals surface area contributed by atoms with Crippen LogP contribution < -0.4 is 4.68 Å². The highest BCUT2D eigenvalue weighted by atomic mass is 31.2. The molecule has 1 aromatic carbocycles. The quantitative estimate of drug-likeness (QED) is 0.632. The summed E-state index contributed by atoms with van der Waals surface area (Å²) in [7, 11) is -3.89. The van der Waals surface area contributed by atoms with E-state index >= 15 is 0 Å². The second kappa shape index (κ2) is 4.92. The van der Waals surface area contributed by atoms with Crippen LogP contribution in [0.5, 0.6) is 0 Å². The van der Waals surface area contributed by atoms with Crippen LogP contribution in [0.15, 0.2) is 36.5 Å². The number of aromatic nitrogens is 2. The molecule has 1 heterocycles. The molecule has 0 aliphatic carbocycles. The molecule has 0 saturated heterocycles. The van der Waals surface area contributed by atoms with Gasteiger partial charge in [-0.1, -0.05) is 22.9 Å². The van der Waals surface area contributed by atoms with Crippen molar-refractivity contribution in [2.45, 2.75) is 13.0 Å². The van der Waals surface area contributed by atoms with Gasteiger partial charge < -0.3 is 9.79 Å². The fraction of sp³-hybridized carbons (Fsp3) is 0.273. The van der Waals surface area contributed by atoms with Gasteiger partial charge in [0.1, 0.15) is 5.52 Å². The first-order chi connectivity index (χ1) is 8.04. The Bertz CT molecular complexity index is 567. The van der Waals surface area contributed by atoms with E-state index in [1.807, 2.05) is 36.5 Å². The molecule has 0 unspecified atom stereocenters. The van der Waals surface area contributed by atoms with Crippen LogP contribution in [0.3, 0.4) is 0 Å². The lowest BCUT2D eigenvalue weighted by molar-refractivity contribution is -0.751. The van der Waals surface area contributed by atoms with Crippen LogP contribution >= 0.6 is 7.60 Å². The van der Waals surface area contributed by atoms with Crippen LogP contribution in [-0.4, -0.2) is 21.0 Å². The Morgan fingerprint density at radius 2 is 2.00 bits per heavy atom. The van der Waals surface area contributed by atoms with E-state index in [1.165, 1.54) is 0 Å². The van der Waals surface area contributed by atoms with Gasteiger partial charge >= 0.3 is 7.60 Å². The van der Waals surface area contributed by atoms with E-state index in [1.54, 1.807) is 4.68 Å². The molecule has 0 radical (unpaired) electrons. The number of hydrogen-bond donors (Lipinski definition) is 2. The number of hydrogen-bond acceptors (Lipinski definition) is 2. The third-order valence-corrected chi connectivity index (χ3v) is 3.33. The Balaban J connectivity index is 2.07. The summed E-state index contributed by atoms with van der Waals surface area (Å²) in [5, 5.41) is 5.41. The van der Waals surface area contributed by atoms with Crippen LogP contribution in [0.4, 0.5) is 0 Å². The highest BCUT2D eigenvalue weighted by molar-refractivity contribution is 7.51. The molecular weight excluding hydrogens is 239 g/mol. The van der Waals surface area contributed by atoms with Gasteiger partial charge in [0.05, 0.1) is 6.16 Å². The van der Waals surface area contributed by atoms with Crippen molar-refractivity contribution in [2.75, 3.05) is 6.16 Å². The zero-order valence-electron chi connectivity index (χ0n) is 9.23. The summed E-state index contributed by atoms with van der Waals surface area (Å²) in [5.41, 5.74) is 0.881. The van der Waals surface area contributed by atoms with Crippen molar-refractivity contribution >= 4 is 18.5 Å². The second-order valence-corrected chi connectivity index (χ2v) is 5.66. The van der Waals surface area contributed by atoms with E-state index in [9.17, 15) is 4.57 Å². The molecule has 0 bridgehead atoms. The highest BCUT2D eigenvalue weighted by Crippen LogP contribution is 2.34. The first-order valence-corrected chi connectivity index (χ1v) is 7.14. The molecule has 0 saturated carbocycles. The van der Waals surface area contributed by atoms with E-state index in [0.717, 1.165) is 10.9 Å². The maximum Gasteiger partial charge on any atom is 0.325 e. The van der Waals surface area contributed by atoms with Crippen molar-refractivity contribution in [1.29, 1.82) is 0 Å². The van der Waals surface area contributed by atoms with Crippen LogP contribution in [0.25, 0.3) is 10.9 Å². The van der Waals surface area contributed by atoms with Gasteiger partial charge in [-0.3, -0.25) is 4.57 Å². The lowest BCUT2D eigenvalue weighted by Crippen LogP contribution is -2.37. The zero-order valence-corrected chi connectivity index (χ0v) is 10.1. The minimum Gasteiger partial charge on any atom is -0.324 e. The van der Waals surface area contributed by atoms with Crippen molar-refractivity contribution in [3.63, 3.8) is 0 Å². The summed E-state index contributed by atoms with van der Waals surface area (Å²) in [4.78, 5) is 17.5. The standard InChI is InChI=1S/C11H13N2O3P/c14-17(15,16)9-3-7-13-8-6-10-4-1-2-5-11(10)12-13/h1-2,4-6,8H,3,7,9H2,(H-,14,15,16)/p+1. The van der Waals surface area contributed by atoms with E-state index in [0.29, 0.717) is 13.0 Å². The van der Waals surface area contributed by atoms with E-state index in [-0.39, 0.29) is 6.16 Å². The monoisotopic (exact) mass is 253 g/mol. The Kier molecular flexibility index (Phi) is 3.52. The molecule has 0 amide bonds. The lowest BCUT2D eigenvalue weighted by Gasteiger charge is -2.00. The summed E-state index contributed by atoms with van der Waals surface area (Å²) in [6.07, 6.45) is 2.14. The van der Waals surface area contributed by atoms with Gasteiger partial charge in [0.2, 0.25) is 0 Å². The SMILES string of the molecule is O=P(O)(O)CCC[n+]1ccc2ccccc2n1. The number of benzene rings is 1. The summed E-state index contributed by atoms with van der Waals surface area (Å²) in [5.74, 6) is 0. The second-order valence-electron chi connectivity index (χ2n) is 3.88. The van der Waals surface area contributed by atoms with Gasteiger partial charge in [-0.2, -0.15) is 0 Å². The normalized spacial score (nSPS) is 11.9. The topological polar surface area (TPSA) is 74.3 Å². The molecule has 0 aliphatic rings. The van der Waals surface area contributed by atoms with E-state index in [2.05, 4.69) is 5.10 Å². The van der Waals surface area contributed by atoms with Crippen LogP contribution in [0.1, 0.15) is 6.42 Å². The predicted octanol–water partition coefficient (Wildman–Crippen LogP) is 1.09. The molecule has 2 rings (SSSR count). The minimum absolute atomic E-state index is 0.103. The van der Waals surface area contributed by atoms with Gasteiger partial charge in [0.15, 0.2) is 12.7 Å². The smallest absolute Gasteiger partial charge is 0.324 e. The molecule has 17 heavy (non-hydrogen) atoms. The zero-order chi connectivity index (χ0) is 12.3. The number of rotatable bonds is 4. The molecule has 90 valence electrons. The Morgan fingerprint density at radius 1 is 1.24 bits per heavy atom. The first kappa shape index (κ1) is 12.2. The molecular formula is C11H14N2O3P+. The largest absolute Gasteiger partial charge is 0.325 e. The van der Waals surface area contributed by atoms with Gasteiger partial charge in [-0.25, -0.2) is 0 Å². The molecule has 2 N–H and O–H groups in total. The highest BCUT2D eigenvalue weighted by Gasteiger charge is 2.14. The van der Waals surface area contributed by atoms with Crippen molar-refractivity contribution in [3.8, 4) is 0 Å². The maximum absolute atomic E-state index is 10.7. The van der Waals surface area contributed by atoms with Gasteiger partial charge in [-0.05, 0) is 6.07 Å². The third-order valence-electron chi connectivity index (χ3n) is 2.44. The summed E-state index contributed by atoms with van der Waals surface area (Å²) >= 11 is 0. The minimum atomic E-state index is -3.89. The van der Waals surface area contributed by atoms with Crippen molar-refractivity contribution in [1.82, 2.24) is 5.10 Å². The third kappa shape index (κ3) is 3.60. The Hall–Kier alpha value is -1.29. The summed E-state index contributed by atoms with van der Waals surface area (Å²) in [6.45, 7) is 0.510. The van der Waals surface area contributed by atoms with Crippen molar-refractivity contribution < 1.29 is 19.0 Å².